The number of amides is 1. The van der Waals surface area contributed by atoms with E-state index < -0.39 is 11.7 Å². The van der Waals surface area contributed by atoms with E-state index in [9.17, 15) is 14.0 Å². The van der Waals surface area contributed by atoms with Gasteiger partial charge >= 0.3 is 0 Å². The molecule has 0 unspecified atom stereocenters. The molecule has 6 heteroatoms. The number of ether oxygens (including phenoxy) is 2. The van der Waals surface area contributed by atoms with Crippen LogP contribution in [0.3, 0.4) is 0 Å². The molecule has 5 nitrogen and oxygen atoms in total. The average molecular weight is 329 g/mol. The number of Topliss-reactive ketones (excluding diaryl/α,β-unsaturated/α-hetero) is 1. The third kappa shape index (κ3) is 3.71. The molecule has 0 atom stereocenters. The van der Waals surface area contributed by atoms with E-state index in [0.29, 0.717) is 30.3 Å². The van der Waals surface area contributed by atoms with E-state index in [1.165, 1.54) is 18.2 Å². The van der Waals surface area contributed by atoms with Crippen LogP contribution in [-0.2, 0) is 4.79 Å². The molecule has 0 aliphatic carbocycles. The Kier molecular flexibility index (Phi) is 4.74. The molecule has 0 bridgehead atoms. The second kappa shape index (κ2) is 7.12. The first-order valence-corrected chi connectivity index (χ1v) is 7.61. The number of anilines is 1. The van der Waals surface area contributed by atoms with Crippen molar-refractivity contribution in [3.05, 3.63) is 53.8 Å². The van der Waals surface area contributed by atoms with Crippen molar-refractivity contribution in [2.24, 2.45) is 0 Å². The Morgan fingerprint density at radius 2 is 1.75 bits per heavy atom. The Labute approximate surface area is 138 Å². The molecule has 0 fully saturated rings. The van der Waals surface area contributed by atoms with E-state index in [0.717, 1.165) is 0 Å². The summed E-state index contributed by atoms with van der Waals surface area (Å²) < 4.78 is 24.3. The highest BCUT2D eigenvalue weighted by atomic mass is 19.1. The van der Waals surface area contributed by atoms with Gasteiger partial charge in [-0.15, -0.1) is 0 Å². The molecule has 2 aromatic carbocycles. The zero-order valence-electron chi connectivity index (χ0n) is 12.9. The third-order valence-electron chi connectivity index (χ3n) is 3.59. The van der Waals surface area contributed by atoms with Gasteiger partial charge in [0.1, 0.15) is 19.0 Å². The van der Waals surface area contributed by atoms with Gasteiger partial charge in [-0.1, -0.05) is 12.1 Å². The van der Waals surface area contributed by atoms with Crippen molar-refractivity contribution in [2.75, 3.05) is 18.5 Å². The van der Waals surface area contributed by atoms with Crippen molar-refractivity contribution in [1.29, 1.82) is 0 Å². The molecule has 124 valence electrons. The minimum atomic E-state index is -0.510. The number of carbonyl (C=O) groups is 2. The largest absolute Gasteiger partial charge is 0.486 e. The number of nitrogens with one attached hydrogen (secondary N) is 1. The van der Waals surface area contributed by atoms with E-state index in [2.05, 4.69) is 5.32 Å². The van der Waals surface area contributed by atoms with Crippen LogP contribution in [0.4, 0.5) is 10.1 Å². The van der Waals surface area contributed by atoms with Crippen LogP contribution in [0.1, 0.15) is 23.2 Å². The summed E-state index contributed by atoms with van der Waals surface area (Å²) >= 11 is 0. The Morgan fingerprint density at radius 3 is 2.54 bits per heavy atom. The highest BCUT2D eigenvalue weighted by Crippen LogP contribution is 2.31. The number of fused-ring (bicyclic) bond motifs is 1. The molecule has 1 amide bonds. The van der Waals surface area contributed by atoms with Gasteiger partial charge in [-0.25, -0.2) is 4.39 Å². The Bertz CT molecular complexity index is 775. The van der Waals surface area contributed by atoms with Crippen molar-refractivity contribution < 1.29 is 23.5 Å². The zero-order chi connectivity index (χ0) is 16.9. The molecule has 3 rings (SSSR count). The van der Waals surface area contributed by atoms with Crippen LogP contribution in [0.15, 0.2) is 42.5 Å². The van der Waals surface area contributed by atoms with Crippen LogP contribution in [0.25, 0.3) is 0 Å². The van der Waals surface area contributed by atoms with Crippen molar-refractivity contribution in [1.82, 2.24) is 0 Å². The number of rotatable bonds is 5. The lowest BCUT2D eigenvalue weighted by atomic mass is 10.1. The Balaban J connectivity index is 1.57. The van der Waals surface area contributed by atoms with Crippen molar-refractivity contribution in [3.63, 3.8) is 0 Å². The van der Waals surface area contributed by atoms with Crippen LogP contribution in [-0.4, -0.2) is 24.9 Å². The normalized spacial score (nSPS) is 12.5. The Hall–Kier alpha value is -2.89. The molecule has 0 aromatic heterocycles. The number of hydrogen-bond donors (Lipinski definition) is 1. The topological polar surface area (TPSA) is 64.6 Å². The number of halogens is 1. The molecular weight excluding hydrogens is 313 g/mol. The molecule has 0 saturated heterocycles. The van der Waals surface area contributed by atoms with E-state index in [4.69, 9.17) is 9.47 Å². The first-order chi connectivity index (χ1) is 11.6. The quantitative estimate of drug-likeness (QED) is 0.856. The van der Waals surface area contributed by atoms with E-state index in [-0.39, 0.29) is 24.3 Å². The lowest BCUT2D eigenvalue weighted by Crippen LogP contribution is -2.16. The lowest BCUT2D eigenvalue weighted by Gasteiger charge is -2.18. The van der Waals surface area contributed by atoms with Gasteiger partial charge in [0.2, 0.25) is 5.91 Å². The molecule has 1 heterocycles. The third-order valence-corrected chi connectivity index (χ3v) is 3.59. The number of para-hydroxylation sites is 1. The van der Waals surface area contributed by atoms with Crippen molar-refractivity contribution >= 4 is 17.4 Å². The molecule has 2 aromatic rings. The predicted molar refractivity (Wildman–Crippen MR) is 86.0 cm³/mol. The summed E-state index contributed by atoms with van der Waals surface area (Å²) in [5.74, 6) is 0.0312. The molecule has 1 aliphatic rings. The summed E-state index contributed by atoms with van der Waals surface area (Å²) in [6, 6.07) is 10.8. The second-order valence-corrected chi connectivity index (χ2v) is 5.31. The standard InChI is InChI=1S/C18H16FNO4/c19-13-3-1-2-4-14(13)20-18(22)8-6-15(21)12-5-7-16-17(11-12)24-10-9-23-16/h1-5,7,11H,6,8-10H2,(H,20,22). The summed E-state index contributed by atoms with van der Waals surface area (Å²) in [7, 11) is 0. The summed E-state index contributed by atoms with van der Waals surface area (Å²) in [6.45, 7) is 0.923. The maximum atomic E-state index is 13.5. The summed E-state index contributed by atoms with van der Waals surface area (Å²) in [6.07, 6.45) is 0.00153. The number of ketones is 1. The SMILES string of the molecule is O=C(CCC(=O)c1ccc2c(c1)OCCO2)Nc1ccccc1F. The maximum Gasteiger partial charge on any atom is 0.224 e. The second-order valence-electron chi connectivity index (χ2n) is 5.31. The molecule has 24 heavy (non-hydrogen) atoms. The van der Waals surface area contributed by atoms with Gasteiger partial charge in [-0.05, 0) is 30.3 Å². The van der Waals surface area contributed by atoms with Crippen LogP contribution < -0.4 is 14.8 Å². The summed E-state index contributed by atoms with van der Waals surface area (Å²) in [5, 5.41) is 2.46. The summed E-state index contributed by atoms with van der Waals surface area (Å²) in [5.41, 5.74) is 0.562. The highest BCUT2D eigenvalue weighted by molar-refractivity contribution is 6.00. The van der Waals surface area contributed by atoms with Crippen LogP contribution >= 0.6 is 0 Å². The molecular formula is C18H16FNO4. The smallest absolute Gasteiger partial charge is 0.224 e. The monoisotopic (exact) mass is 329 g/mol. The zero-order valence-corrected chi connectivity index (χ0v) is 12.9. The lowest BCUT2D eigenvalue weighted by molar-refractivity contribution is -0.116. The molecule has 0 saturated carbocycles. The average Bonchev–Trinajstić information content (AvgIpc) is 2.61. The van der Waals surface area contributed by atoms with Crippen LogP contribution in [0, 0.1) is 5.82 Å². The van der Waals surface area contributed by atoms with Gasteiger partial charge in [0.15, 0.2) is 17.3 Å². The molecule has 1 aliphatic heterocycles. The molecule has 1 N–H and O–H groups in total. The number of hydrogen-bond acceptors (Lipinski definition) is 4. The highest BCUT2D eigenvalue weighted by Gasteiger charge is 2.16. The summed E-state index contributed by atoms with van der Waals surface area (Å²) in [4.78, 5) is 24.1. The minimum absolute atomic E-state index is 0.0262. The number of benzene rings is 2. The predicted octanol–water partition coefficient (Wildman–Crippen LogP) is 3.20. The van der Waals surface area contributed by atoms with Gasteiger partial charge in [0.05, 0.1) is 5.69 Å². The van der Waals surface area contributed by atoms with Crippen LogP contribution in [0.2, 0.25) is 0 Å². The van der Waals surface area contributed by atoms with E-state index in [1.54, 1.807) is 24.3 Å². The van der Waals surface area contributed by atoms with Crippen molar-refractivity contribution in [2.45, 2.75) is 12.8 Å². The van der Waals surface area contributed by atoms with Gasteiger partial charge in [-0.2, -0.15) is 0 Å². The number of carbonyl (C=O) groups excluding carboxylic acids is 2. The fourth-order valence-electron chi connectivity index (χ4n) is 2.36. The van der Waals surface area contributed by atoms with Crippen LogP contribution in [0.5, 0.6) is 11.5 Å². The molecule has 0 spiro atoms. The van der Waals surface area contributed by atoms with Gasteiger partial charge in [0.25, 0.3) is 0 Å². The van der Waals surface area contributed by atoms with Crippen molar-refractivity contribution in [3.8, 4) is 11.5 Å². The minimum Gasteiger partial charge on any atom is -0.486 e. The first kappa shape index (κ1) is 16.0. The fourth-order valence-corrected chi connectivity index (χ4v) is 2.36. The molecule has 0 radical (unpaired) electrons. The first-order valence-electron chi connectivity index (χ1n) is 7.61. The Morgan fingerprint density at radius 1 is 1.00 bits per heavy atom. The van der Waals surface area contributed by atoms with Gasteiger partial charge in [-0.3, -0.25) is 9.59 Å². The van der Waals surface area contributed by atoms with E-state index >= 15 is 0 Å². The fraction of sp³-hybridized carbons (Fsp3) is 0.222. The maximum absolute atomic E-state index is 13.5. The van der Waals surface area contributed by atoms with Gasteiger partial charge in [0, 0.05) is 18.4 Å². The van der Waals surface area contributed by atoms with Gasteiger partial charge < -0.3 is 14.8 Å². The van der Waals surface area contributed by atoms with E-state index in [1.807, 2.05) is 0 Å².